The molecule has 13 heteroatoms. The molecule has 0 aliphatic heterocycles. The smallest absolute Gasteiger partial charge is 0.255 e. The van der Waals surface area contributed by atoms with Gasteiger partial charge in [-0.15, -0.1) is 0 Å². The van der Waals surface area contributed by atoms with Crippen LogP contribution < -0.4 is 16.4 Å². The van der Waals surface area contributed by atoms with E-state index in [4.69, 9.17) is 11.5 Å². The van der Waals surface area contributed by atoms with Crippen molar-refractivity contribution in [1.82, 2.24) is 9.80 Å². The van der Waals surface area contributed by atoms with Gasteiger partial charge in [0.05, 0.1) is 18.2 Å². The average Bonchev–Trinajstić information content (AvgIpc) is 2.90. The van der Waals surface area contributed by atoms with Crippen LogP contribution in [0.1, 0.15) is 31.4 Å². The number of benzene rings is 1. The lowest BCUT2D eigenvalue weighted by molar-refractivity contribution is -0.153. The highest BCUT2D eigenvalue weighted by Gasteiger charge is 2.64. The number of hydrogen-bond donors (Lipinski definition) is 6. The molecule has 3 aliphatic carbocycles. The number of Topliss-reactive ketones (excluding diaryl/α,β-unsaturated/α-hetero) is 2. The number of likely N-dealkylation sites (N-methyl/N-ethyl adjacent to an activating group) is 2. The number of aliphatic imine (C=N–C) groups is 1. The molecule has 4 atom stereocenters. The third-order valence-corrected chi connectivity index (χ3v) is 8.70. The molecule has 228 valence electrons. The minimum absolute atomic E-state index is 0.0100. The number of aromatic hydroxyl groups is 1. The fraction of sp³-hybridized carbons (Fsp3) is 0.517. The molecule has 4 rings (SSSR count). The number of rotatable bonds is 8. The Kier molecular flexibility index (Phi) is 8.15. The molecule has 0 radical (unpaired) electrons. The molecule has 0 heterocycles. The van der Waals surface area contributed by atoms with Crippen LogP contribution in [0.25, 0.3) is 5.76 Å². The third-order valence-electron chi connectivity index (χ3n) is 8.70. The molecule has 3 aliphatic rings. The number of amidine groups is 1. The monoisotopic (exact) mass is 584 g/mol. The Bertz CT molecular complexity index is 1440. The number of phenols is 1. The number of hydrogen-bond acceptors (Lipinski definition) is 11. The molecule has 1 amide bonds. The largest absolute Gasteiger partial charge is 0.508 e. The van der Waals surface area contributed by atoms with E-state index < -0.39 is 63.8 Å². The third kappa shape index (κ3) is 4.61. The number of aliphatic hydroxyl groups is 3. The van der Waals surface area contributed by atoms with Crippen LogP contribution >= 0.6 is 0 Å². The predicted octanol–water partition coefficient (Wildman–Crippen LogP) is 0.361. The van der Waals surface area contributed by atoms with Crippen LogP contribution in [-0.2, 0) is 20.8 Å². The van der Waals surface area contributed by atoms with E-state index in [0.29, 0.717) is 17.8 Å². The zero-order chi connectivity index (χ0) is 31.4. The predicted molar refractivity (Wildman–Crippen MR) is 158 cm³/mol. The first kappa shape index (κ1) is 31.0. The number of aliphatic hydroxyl groups excluding tert-OH is 2. The Morgan fingerprint density at radius 3 is 2.24 bits per heavy atom. The van der Waals surface area contributed by atoms with Gasteiger partial charge >= 0.3 is 0 Å². The Balaban J connectivity index is 1.95. The number of anilines is 1. The van der Waals surface area contributed by atoms with Crippen LogP contribution in [0.5, 0.6) is 5.75 Å². The zero-order valence-corrected chi connectivity index (χ0v) is 24.8. The van der Waals surface area contributed by atoms with Gasteiger partial charge in [0.25, 0.3) is 5.91 Å². The number of nitrogens with zero attached hydrogens (tertiary/aromatic N) is 4. The minimum atomic E-state index is -2.70. The van der Waals surface area contributed by atoms with E-state index in [-0.39, 0.29) is 35.5 Å². The molecular weight excluding hydrogens is 544 g/mol. The van der Waals surface area contributed by atoms with Crippen LogP contribution in [0.4, 0.5) is 11.4 Å². The summed E-state index contributed by atoms with van der Waals surface area (Å²) in [6.07, 6.45) is 0.185. The second-order valence-electron chi connectivity index (χ2n) is 11.5. The quantitative estimate of drug-likeness (QED) is 0.140. The van der Waals surface area contributed by atoms with Gasteiger partial charge in [0, 0.05) is 31.3 Å². The number of primary amides is 1. The summed E-state index contributed by atoms with van der Waals surface area (Å²) in [5.74, 6) is -6.82. The minimum Gasteiger partial charge on any atom is -0.508 e. The molecule has 42 heavy (non-hydrogen) atoms. The first-order chi connectivity index (χ1) is 19.6. The topological polar surface area (TPSA) is 206 Å². The van der Waals surface area contributed by atoms with Crippen molar-refractivity contribution in [2.45, 2.75) is 38.3 Å². The highest BCUT2D eigenvalue weighted by Crippen LogP contribution is 2.54. The van der Waals surface area contributed by atoms with Gasteiger partial charge in [-0.3, -0.25) is 24.2 Å². The Hall–Kier alpha value is -3.94. The number of nitrogens with two attached hydrogens (primary N) is 2. The van der Waals surface area contributed by atoms with E-state index in [1.807, 2.05) is 18.7 Å². The Labute approximate surface area is 244 Å². The molecule has 0 bridgehead atoms. The van der Waals surface area contributed by atoms with E-state index in [9.17, 15) is 34.8 Å². The van der Waals surface area contributed by atoms with E-state index in [1.165, 1.54) is 4.90 Å². The molecule has 2 unspecified atom stereocenters. The highest BCUT2D eigenvalue weighted by molar-refractivity contribution is 6.24. The normalized spacial score (nSPS) is 26.0. The van der Waals surface area contributed by atoms with Crippen molar-refractivity contribution in [3.05, 3.63) is 34.1 Å². The van der Waals surface area contributed by atoms with Gasteiger partial charge in [0.15, 0.2) is 17.1 Å². The van der Waals surface area contributed by atoms with Crippen molar-refractivity contribution < 1.29 is 34.8 Å². The molecule has 13 nitrogen and oxygen atoms in total. The van der Waals surface area contributed by atoms with E-state index in [1.54, 1.807) is 39.2 Å². The summed E-state index contributed by atoms with van der Waals surface area (Å²) in [5, 5.41) is 45.8. The standard InChI is InChI=1S/C29H40N6O7/c1-7-35(8-2)12-18(30)32-16-11-17(33(3)4)14-9-13-10-15-22(34(5)6)25(38)21(28(31)41)27(40)29(15,42)26(39)19(13)24(37)20(14)23(16)36/h11,13,15,22,36-37,40,42H,7-10,12H2,1-6H3,(H2,30,32)(H2,31,41)/t13?,15?,22-,29-/m0/s1. The maximum atomic E-state index is 14.1. The molecule has 8 N–H and O–H groups in total. The second-order valence-corrected chi connectivity index (χ2v) is 11.5. The average molecular weight is 585 g/mol. The lowest BCUT2D eigenvalue weighted by Gasteiger charge is -2.50. The number of fused-ring (bicyclic) bond motifs is 3. The lowest BCUT2D eigenvalue weighted by Crippen LogP contribution is -2.65. The summed E-state index contributed by atoms with van der Waals surface area (Å²) in [6, 6.07) is 0.512. The van der Waals surface area contributed by atoms with Gasteiger partial charge < -0.3 is 36.8 Å². The summed E-state index contributed by atoms with van der Waals surface area (Å²) >= 11 is 0. The number of carbonyl (C=O) groups is 3. The van der Waals surface area contributed by atoms with Gasteiger partial charge in [0.2, 0.25) is 5.78 Å². The molecule has 0 spiro atoms. The van der Waals surface area contributed by atoms with E-state index in [2.05, 4.69) is 4.99 Å². The zero-order valence-electron chi connectivity index (χ0n) is 24.8. The van der Waals surface area contributed by atoms with Gasteiger partial charge in [-0.25, -0.2) is 4.99 Å². The summed E-state index contributed by atoms with van der Waals surface area (Å²) in [6.45, 7) is 5.80. The SMILES string of the molecule is CCN(CC)CC(N)=Nc1cc(N(C)C)c2c(c1O)C(O)=C1C(=O)[C@]3(O)C(O)=C(C(N)=O)C(=O)[C@@H](N(C)C)C3CC1C2. The van der Waals surface area contributed by atoms with Crippen LogP contribution in [0, 0.1) is 11.8 Å². The second kappa shape index (κ2) is 11.0. The Morgan fingerprint density at radius 2 is 1.71 bits per heavy atom. The van der Waals surface area contributed by atoms with Crippen LogP contribution in [0.3, 0.4) is 0 Å². The van der Waals surface area contributed by atoms with Crippen LogP contribution in [0.2, 0.25) is 0 Å². The molecule has 1 aromatic rings. The van der Waals surface area contributed by atoms with Crippen LogP contribution in [-0.4, -0.2) is 113 Å². The number of ketones is 2. The fourth-order valence-corrected chi connectivity index (χ4v) is 6.63. The maximum absolute atomic E-state index is 14.1. The van der Waals surface area contributed by atoms with Gasteiger partial charge in [-0.2, -0.15) is 0 Å². The summed E-state index contributed by atoms with van der Waals surface area (Å²) in [5.41, 5.74) is 9.03. The van der Waals surface area contributed by atoms with Gasteiger partial charge in [0.1, 0.15) is 28.6 Å². The van der Waals surface area contributed by atoms with Crippen molar-refractivity contribution in [1.29, 1.82) is 0 Å². The van der Waals surface area contributed by atoms with Gasteiger partial charge in [-0.05, 0) is 57.6 Å². The van der Waals surface area contributed by atoms with E-state index >= 15 is 0 Å². The van der Waals surface area contributed by atoms with Crippen molar-refractivity contribution >= 4 is 40.4 Å². The van der Waals surface area contributed by atoms with Crippen molar-refractivity contribution in [3.8, 4) is 5.75 Å². The van der Waals surface area contributed by atoms with E-state index in [0.717, 1.165) is 13.1 Å². The number of carbonyl (C=O) groups excluding carboxylic acids is 3. The number of phenolic OH excluding ortho intramolecular Hbond substituents is 1. The summed E-state index contributed by atoms with van der Waals surface area (Å²) in [7, 11) is 6.69. The summed E-state index contributed by atoms with van der Waals surface area (Å²) in [4.78, 5) is 49.2. The number of amides is 1. The summed E-state index contributed by atoms with van der Waals surface area (Å²) < 4.78 is 0. The molecule has 1 saturated carbocycles. The molecular formula is C29H40N6O7. The first-order valence-electron chi connectivity index (χ1n) is 13.9. The van der Waals surface area contributed by atoms with Crippen molar-refractivity contribution in [2.75, 3.05) is 52.7 Å². The molecule has 0 saturated heterocycles. The first-order valence-corrected chi connectivity index (χ1v) is 13.9. The van der Waals surface area contributed by atoms with Gasteiger partial charge in [-0.1, -0.05) is 13.8 Å². The maximum Gasteiger partial charge on any atom is 0.255 e. The molecule has 0 aromatic heterocycles. The highest BCUT2D eigenvalue weighted by atomic mass is 16.3. The van der Waals surface area contributed by atoms with Crippen LogP contribution in [0.15, 0.2) is 28.0 Å². The molecule has 1 aromatic carbocycles. The van der Waals surface area contributed by atoms with Crippen molar-refractivity contribution in [2.24, 2.45) is 28.3 Å². The lowest BCUT2D eigenvalue weighted by atomic mass is 9.57. The molecule has 1 fully saturated rings. The fourth-order valence-electron chi connectivity index (χ4n) is 6.63. The van der Waals surface area contributed by atoms with Crippen molar-refractivity contribution in [3.63, 3.8) is 0 Å². The Morgan fingerprint density at radius 1 is 1.10 bits per heavy atom.